The minimum absolute atomic E-state index is 0.0267. The number of nitrogens with zero attached hydrogens (tertiary/aromatic N) is 3. The van der Waals surface area contributed by atoms with E-state index in [1.54, 1.807) is 7.05 Å². The minimum atomic E-state index is -3.66. The van der Waals surface area contributed by atoms with Crippen molar-refractivity contribution in [2.75, 3.05) is 20.1 Å². The molecule has 0 aromatic carbocycles. The van der Waals surface area contributed by atoms with Gasteiger partial charge in [0.25, 0.3) is 6.43 Å². The van der Waals surface area contributed by atoms with Gasteiger partial charge in [0, 0.05) is 25.3 Å². The van der Waals surface area contributed by atoms with Crippen LogP contribution in [0, 0.1) is 0 Å². The van der Waals surface area contributed by atoms with Crippen LogP contribution in [-0.4, -0.2) is 55.1 Å². The fourth-order valence-electron chi connectivity index (χ4n) is 2.42. The SMILES string of the molecule is CNCC1CCCN1S(=O)(=O)c1cnn(CC(F)F)c1. The molecule has 1 unspecified atom stereocenters. The summed E-state index contributed by atoms with van der Waals surface area (Å²) >= 11 is 0. The van der Waals surface area contributed by atoms with E-state index in [9.17, 15) is 17.2 Å². The monoisotopic (exact) mass is 308 g/mol. The van der Waals surface area contributed by atoms with Crippen LogP contribution in [0.4, 0.5) is 8.78 Å². The van der Waals surface area contributed by atoms with Gasteiger partial charge in [-0.15, -0.1) is 0 Å². The highest BCUT2D eigenvalue weighted by Gasteiger charge is 2.35. The summed E-state index contributed by atoms with van der Waals surface area (Å²) in [4.78, 5) is -0.0267. The zero-order chi connectivity index (χ0) is 14.8. The van der Waals surface area contributed by atoms with Crippen LogP contribution in [0.2, 0.25) is 0 Å². The third-order valence-electron chi connectivity index (χ3n) is 3.30. The van der Waals surface area contributed by atoms with E-state index in [1.165, 1.54) is 4.31 Å². The second-order valence-electron chi connectivity index (χ2n) is 4.76. The molecular weight excluding hydrogens is 290 g/mol. The fourth-order valence-corrected chi connectivity index (χ4v) is 4.07. The molecule has 0 aliphatic carbocycles. The first-order chi connectivity index (χ1) is 9.45. The topological polar surface area (TPSA) is 67.2 Å². The Morgan fingerprint density at radius 3 is 2.95 bits per heavy atom. The van der Waals surface area contributed by atoms with E-state index in [0.29, 0.717) is 13.1 Å². The van der Waals surface area contributed by atoms with E-state index in [-0.39, 0.29) is 10.9 Å². The van der Waals surface area contributed by atoms with Crippen molar-refractivity contribution in [3.8, 4) is 0 Å². The first-order valence-electron chi connectivity index (χ1n) is 6.42. The van der Waals surface area contributed by atoms with E-state index >= 15 is 0 Å². The van der Waals surface area contributed by atoms with Gasteiger partial charge in [0.2, 0.25) is 10.0 Å². The average molecular weight is 308 g/mol. The van der Waals surface area contributed by atoms with Crippen molar-refractivity contribution in [1.82, 2.24) is 19.4 Å². The lowest BCUT2D eigenvalue weighted by molar-refractivity contribution is 0.121. The number of sulfonamides is 1. The van der Waals surface area contributed by atoms with E-state index < -0.39 is 23.0 Å². The Labute approximate surface area is 116 Å². The molecule has 6 nitrogen and oxygen atoms in total. The molecule has 1 aliphatic heterocycles. The van der Waals surface area contributed by atoms with Gasteiger partial charge in [0.15, 0.2) is 0 Å². The number of rotatable bonds is 6. The van der Waals surface area contributed by atoms with Crippen molar-refractivity contribution in [2.24, 2.45) is 0 Å². The summed E-state index contributed by atoms with van der Waals surface area (Å²) in [5.41, 5.74) is 0. The largest absolute Gasteiger partial charge is 0.318 e. The molecule has 2 heterocycles. The van der Waals surface area contributed by atoms with Gasteiger partial charge in [-0.25, -0.2) is 17.2 Å². The molecule has 20 heavy (non-hydrogen) atoms. The Hall–Kier alpha value is -1.06. The maximum atomic E-state index is 12.5. The van der Waals surface area contributed by atoms with Gasteiger partial charge in [0.05, 0.1) is 6.20 Å². The highest BCUT2D eigenvalue weighted by Crippen LogP contribution is 2.25. The molecule has 0 amide bonds. The fraction of sp³-hybridized carbons (Fsp3) is 0.727. The van der Waals surface area contributed by atoms with Crippen molar-refractivity contribution in [3.63, 3.8) is 0 Å². The molecule has 1 aromatic heterocycles. The van der Waals surface area contributed by atoms with E-state index in [2.05, 4.69) is 10.4 Å². The normalized spacial score (nSPS) is 20.9. The minimum Gasteiger partial charge on any atom is -0.318 e. The van der Waals surface area contributed by atoms with Crippen LogP contribution in [0.15, 0.2) is 17.3 Å². The maximum absolute atomic E-state index is 12.5. The van der Waals surface area contributed by atoms with Crippen molar-refractivity contribution in [1.29, 1.82) is 0 Å². The molecule has 0 radical (unpaired) electrons. The number of aromatic nitrogens is 2. The molecule has 114 valence electrons. The molecule has 1 saturated heterocycles. The Bertz CT molecular complexity index is 546. The lowest BCUT2D eigenvalue weighted by Gasteiger charge is -2.22. The predicted octanol–water partition coefficient (Wildman–Crippen LogP) is 0.521. The molecular formula is C11H18F2N4O2S. The van der Waals surface area contributed by atoms with Gasteiger partial charge in [-0.3, -0.25) is 4.68 Å². The summed E-state index contributed by atoms with van der Waals surface area (Å²) in [7, 11) is -1.89. The standard InChI is InChI=1S/C11H18F2N4O2S/c1-14-5-9-3-2-4-17(9)20(18,19)10-6-15-16(7-10)8-11(12)13/h6-7,9,11,14H,2-5,8H2,1H3. The van der Waals surface area contributed by atoms with Crippen molar-refractivity contribution < 1.29 is 17.2 Å². The first-order valence-corrected chi connectivity index (χ1v) is 7.86. The van der Waals surface area contributed by atoms with Crippen LogP contribution in [-0.2, 0) is 16.6 Å². The van der Waals surface area contributed by atoms with E-state index in [4.69, 9.17) is 0 Å². The molecule has 0 spiro atoms. The quantitative estimate of drug-likeness (QED) is 0.832. The lowest BCUT2D eigenvalue weighted by atomic mass is 10.2. The highest BCUT2D eigenvalue weighted by molar-refractivity contribution is 7.89. The highest BCUT2D eigenvalue weighted by atomic mass is 32.2. The van der Waals surface area contributed by atoms with Gasteiger partial charge < -0.3 is 5.32 Å². The number of hydrogen-bond acceptors (Lipinski definition) is 4. The van der Waals surface area contributed by atoms with Crippen molar-refractivity contribution >= 4 is 10.0 Å². The smallest absolute Gasteiger partial charge is 0.257 e. The molecule has 1 aliphatic rings. The van der Waals surface area contributed by atoms with Gasteiger partial charge >= 0.3 is 0 Å². The Morgan fingerprint density at radius 2 is 2.30 bits per heavy atom. The Balaban J connectivity index is 2.19. The summed E-state index contributed by atoms with van der Waals surface area (Å²) in [6.07, 6.45) is 1.33. The zero-order valence-electron chi connectivity index (χ0n) is 11.2. The van der Waals surface area contributed by atoms with E-state index in [1.807, 2.05) is 0 Å². The second kappa shape index (κ2) is 6.15. The maximum Gasteiger partial charge on any atom is 0.257 e. The number of nitrogens with one attached hydrogen (secondary N) is 1. The van der Waals surface area contributed by atoms with Crippen LogP contribution in [0.25, 0.3) is 0 Å². The number of alkyl halides is 2. The van der Waals surface area contributed by atoms with E-state index in [0.717, 1.165) is 29.9 Å². The summed E-state index contributed by atoms with van der Waals surface area (Å²) < 4.78 is 51.9. The van der Waals surface area contributed by atoms with Crippen molar-refractivity contribution in [3.05, 3.63) is 12.4 Å². The first kappa shape index (κ1) is 15.3. The van der Waals surface area contributed by atoms with Gasteiger partial charge in [-0.05, 0) is 19.9 Å². The van der Waals surface area contributed by atoms with Crippen LogP contribution >= 0.6 is 0 Å². The van der Waals surface area contributed by atoms with Crippen molar-refractivity contribution in [2.45, 2.75) is 36.7 Å². The molecule has 1 fully saturated rings. The predicted molar refractivity (Wildman–Crippen MR) is 69.1 cm³/mol. The van der Waals surface area contributed by atoms with Crippen LogP contribution in [0.1, 0.15) is 12.8 Å². The molecule has 0 bridgehead atoms. The average Bonchev–Trinajstić information content (AvgIpc) is 2.98. The summed E-state index contributed by atoms with van der Waals surface area (Å²) in [5, 5.41) is 6.65. The molecule has 0 saturated carbocycles. The number of halogens is 2. The third kappa shape index (κ3) is 3.15. The molecule has 9 heteroatoms. The molecule has 2 rings (SSSR count). The van der Waals surface area contributed by atoms with Gasteiger partial charge in [-0.1, -0.05) is 0 Å². The zero-order valence-corrected chi connectivity index (χ0v) is 12.0. The summed E-state index contributed by atoms with van der Waals surface area (Å²) in [6.45, 7) is 0.425. The Kier molecular flexibility index (Phi) is 4.71. The number of likely N-dealkylation sites (N-methyl/N-ethyl adjacent to an activating group) is 1. The Morgan fingerprint density at radius 1 is 1.55 bits per heavy atom. The molecule has 1 aromatic rings. The number of hydrogen-bond donors (Lipinski definition) is 1. The van der Waals surface area contributed by atoms with Crippen LogP contribution in [0.5, 0.6) is 0 Å². The van der Waals surface area contributed by atoms with Crippen LogP contribution in [0.3, 0.4) is 0 Å². The summed E-state index contributed by atoms with van der Waals surface area (Å²) in [5.74, 6) is 0. The molecule has 1 N–H and O–H groups in total. The summed E-state index contributed by atoms with van der Waals surface area (Å²) in [6, 6.07) is -0.0940. The van der Waals surface area contributed by atoms with Crippen LogP contribution < -0.4 is 5.32 Å². The van der Waals surface area contributed by atoms with Gasteiger partial charge in [-0.2, -0.15) is 9.40 Å². The lowest BCUT2D eigenvalue weighted by Crippen LogP contribution is -2.40. The second-order valence-corrected chi connectivity index (χ2v) is 6.65. The third-order valence-corrected chi connectivity index (χ3v) is 5.21. The molecule has 1 atom stereocenters. The van der Waals surface area contributed by atoms with Gasteiger partial charge in [0.1, 0.15) is 11.4 Å².